The summed E-state index contributed by atoms with van der Waals surface area (Å²) in [5.41, 5.74) is 5.24. The van der Waals surface area contributed by atoms with Crippen molar-refractivity contribution < 1.29 is 19.1 Å². The van der Waals surface area contributed by atoms with Crippen molar-refractivity contribution in [2.45, 2.75) is 24.3 Å². The Bertz CT molecular complexity index is 1940. The molecule has 1 saturated heterocycles. The maximum atomic E-state index is 14.3. The highest BCUT2D eigenvalue weighted by Crippen LogP contribution is 2.35. The number of amides is 1. The van der Waals surface area contributed by atoms with E-state index in [1.54, 1.807) is 11.1 Å². The van der Waals surface area contributed by atoms with Gasteiger partial charge in [-0.05, 0) is 45.5 Å². The van der Waals surface area contributed by atoms with Crippen LogP contribution in [-0.4, -0.2) is 35.6 Å². The van der Waals surface area contributed by atoms with Gasteiger partial charge in [0.1, 0.15) is 17.9 Å². The van der Waals surface area contributed by atoms with Gasteiger partial charge in [-0.1, -0.05) is 164 Å². The van der Waals surface area contributed by atoms with Crippen LogP contribution in [0.1, 0.15) is 51.6 Å². The lowest BCUT2D eigenvalue weighted by molar-refractivity contribution is -0.164. The topological polar surface area (TPSA) is 68.2 Å². The zero-order valence-electron chi connectivity index (χ0n) is 27.4. The van der Waals surface area contributed by atoms with E-state index in [1.807, 2.05) is 176 Å². The summed E-state index contributed by atoms with van der Waals surface area (Å²) in [4.78, 5) is 34.0. The van der Waals surface area contributed by atoms with Crippen LogP contribution in [0.2, 0.25) is 0 Å². The van der Waals surface area contributed by atoms with Crippen molar-refractivity contribution in [2.24, 2.45) is 4.99 Å². The third-order valence-corrected chi connectivity index (χ3v) is 8.77. The number of hydrogen-bond acceptors (Lipinski definition) is 5. The first-order chi connectivity index (χ1) is 24.6. The van der Waals surface area contributed by atoms with Crippen molar-refractivity contribution in [3.05, 3.63) is 209 Å². The first-order valence-electron chi connectivity index (χ1n) is 16.7. The maximum absolute atomic E-state index is 14.3. The van der Waals surface area contributed by atoms with Gasteiger partial charge >= 0.3 is 5.97 Å². The highest BCUT2D eigenvalue weighted by Gasteiger charge is 2.45. The number of ether oxygens (including phenoxy) is 2. The molecule has 246 valence electrons. The van der Waals surface area contributed by atoms with Gasteiger partial charge in [-0.3, -0.25) is 9.79 Å². The van der Waals surface area contributed by atoms with Crippen LogP contribution in [0.25, 0.3) is 0 Å². The molecule has 1 amide bonds. The van der Waals surface area contributed by atoms with Crippen molar-refractivity contribution in [1.82, 2.24) is 4.90 Å². The molecule has 1 heterocycles. The molecular formula is C44H36N2O4. The Labute approximate surface area is 292 Å². The minimum atomic E-state index is -0.978. The summed E-state index contributed by atoms with van der Waals surface area (Å²) in [5, 5.41) is 0. The maximum Gasteiger partial charge on any atom is 0.334 e. The van der Waals surface area contributed by atoms with Crippen LogP contribution in [0.15, 0.2) is 181 Å². The highest BCUT2D eigenvalue weighted by molar-refractivity contribution is 5.95. The van der Waals surface area contributed by atoms with Gasteiger partial charge in [-0.2, -0.15) is 0 Å². The van der Waals surface area contributed by atoms with E-state index in [0.717, 1.165) is 27.8 Å². The van der Waals surface area contributed by atoms with E-state index in [-0.39, 0.29) is 18.6 Å². The quantitative estimate of drug-likeness (QED) is 0.0752. The average molecular weight is 657 g/mol. The fourth-order valence-electron chi connectivity index (χ4n) is 6.15. The number of benzene rings is 6. The Balaban J connectivity index is 1.18. The smallest absolute Gasteiger partial charge is 0.334 e. The van der Waals surface area contributed by atoms with Crippen LogP contribution < -0.4 is 4.74 Å². The number of rotatable bonds is 12. The van der Waals surface area contributed by atoms with Crippen molar-refractivity contribution in [1.29, 1.82) is 0 Å². The normalized spacial score (nSPS) is 14.8. The molecule has 6 heteroatoms. The third-order valence-electron chi connectivity index (χ3n) is 8.77. The average Bonchev–Trinajstić information content (AvgIpc) is 3.19. The van der Waals surface area contributed by atoms with E-state index < -0.39 is 24.2 Å². The van der Waals surface area contributed by atoms with E-state index in [4.69, 9.17) is 9.47 Å². The number of nitrogens with zero attached hydrogens (tertiary/aromatic N) is 2. The zero-order chi connectivity index (χ0) is 34.1. The van der Waals surface area contributed by atoms with Crippen LogP contribution >= 0.6 is 0 Å². The summed E-state index contributed by atoms with van der Waals surface area (Å²) < 4.78 is 12.9. The van der Waals surface area contributed by atoms with Crippen molar-refractivity contribution in [3.63, 3.8) is 0 Å². The fraction of sp³-hybridized carbons (Fsp3) is 0.114. The minimum Gasteiger partial charge on any atom is -0.481 e. The summed E-state index contributed by atoms with van der Waals surface area (Å²) in [6.45, 7) is 0.283. The second kappa shape index (κ2) is 15.3. The lowest BCUT2D eigenvalue weighted by Gasteiger charge is -2.41. The molecule has 6 aromatic rings. The lowest BCUT2D eigenvalue weighted by Crippen LogP contribution is -2.58. The number of aliphatic imine (C=N–C) groups is 1. The lowest BCUT2D eigenvalue weighted by atomic mass is 9.97. The van der Waals surface area contributed by atoms with Crippen LogP contribution in [0, 0.1) is 0 Å². The third kappa shape index (κ3) is 7.40. The molecule has 2 atom stereocenters. The zero-order valence-corrected chi connectivity index (χ0v) is 27.4. The van der Waals surface area contributed by atoms with Gasteiger partial charge in [-0.25, -0.2) is 4.79 Å². The Morgan fingerprint density at radius 2 is 1.02 bits per heavy atom. The van der Waals surface area contributed by atoms with Crippen LogP contribution in [0.4, 0.5) is 0 Å². The molecule has 7 rings (SSSR count). The summed E-state index contributed by atoms with van der Waals surface area (Å²) in [7, 11) is 0. The van der Waals surface area contributed by atoms with Gasteiger partial charge in [0.15, 0.2) is 12.1 Å². The number of carbonyl (C=O) groups excluding carboxylic acids is 2. The largest absolute Gasteiger partial charge is 0.481 e. The van der Waals surface area contributed by atoms with E-state index in [9.17, 15) is 9.59 Å². The van der Waals surface area contributed by atoms with Gasteiger partial charge in [0.2, 0.25) is 5.91 Å². The molecule has 0 saturated carbocycles. The standard InChI is InChI=1S/C44H36N2O4/c47-43-39(45-30-32-16-6-1-7-17-32)31-46(43)40(44(48)50-42(36-22-12-4-13-23-36)37-24-14-5-15-25-37)33-26-28-38(29-27-33)49-41(34-18-8-2-9-19-34)35-20-10-3-11-21-35/h1-30,39-42H,31H2/t39-,40?/m1/s1. The van der Waals surface area contributed by atoms with E-state index >= 15 is 0 Å². The van der Waals surface area contributed by atoms with E-state index in [2.05, 4.69) is 4.99 Å². The van der Waals surface area contributed by atoms with Gasteiger partial charge in [0.25, 0.3) is 0 Å². The molecule has 50 heavy (non-hydrogen) atoms. The van der Waals surface area contributed by atoms with Gasteiger partial charge < -0.3 is 14.4 Å². The monoisotopic (exact) mass is 656 g/mol. The second-order valence-corrected chi connectivity index (χ2v) is 12.1. The van der Waals surface area contributed by atoms with Gasteiger partial charge in [0.05, 0.1) is 6.54 Å². The predicted octanol–water partition coefficient (Wildman–Crippen LogP) is 8.56. The highest BCUT2D eigenvalue weighted by atomic mass is 16.5. The molecule has 1 aliphatic heterocycles. The van der Waals surface area contributed by atoms with Gasteiger partial charge in [0, 0.05) is 6.21 Å². The summed E-state index contributed by atoms with van der Waals surface area (Å²) in [6, 6.07) is 54.8. The Hall–Kier alpha value is -6.27. The molecule has 1 fully saturated rings. The summed E-state index contributed by atoms with van der Waals surface area (Å²) >= 11 is 0. The molecule has 0 aromatic heterocycles. The first kappa shape index (κ1) is 32.3. The molecule has 0 radical (unpaired) electrons. The van der Waals surface area contributed by atoms with Crippen molar-refractivity contribution in [3.8, 4) is 5.75 Å². The summed E-state index contributed by atoms with van der Waals surface area (Å²) in [6.07, 6.45) is 0.716. The van der Waals surface area contributed by atoms with Crippen LogP contribution in [-0.2, 0) is 14.3 Å². The molecule has 0 spiro atoms. The number of β-lactam (4-membered cyclic amide) rings is 1. The number of carbonyl (C=O) groups is 2. The molecule has 6 nitrogen and oxygen atoms in total. The van der Waals surface area contributed by atoms with Crippen LogP contribution in [0.3, 0.4) is 0 Å². The van der Waals surface area contributed by atoms with Crippen molar-refractivity contribution in [2.75, 3.05) is 6.54 Å². The molecule has 6 aromatic carbocycles. The fourth-order valence-corrected chi connectivity index (χ4v) is 6.15. The number of hydrogen-bond donors (Lipinski definition) is 0. The minimum absolute atomic E-state index is 0.233. The van der Waals surface area contributed by atoms with Crippen LogP contribution in [0.5, 0.6) is 5.75 Å². The van der Waals surface area contributed by atoms with E-state index in [1.165, 1.54) is 0 Å². The first-order valence-corrected chi connectivity index (χ1v) is 16.7. The Morgan fingerprint density at radius 1 is 0.580 bits per heavy atom. The molecule has 1 unspecified atom stereocenters. The number of esters is 1. The Morgan fingerprint density at radius 3 is 1.48 bits per heavy atom. The number of likely N-dealkylation sites (tertiary alicyclic amines) is 1. The van der Waals surface area contributed by atoms with Gasteiger partial charge in [-0.15, -0.1) is 0 Å². The SMILES string of the molecule is O=C(OC(c1ccccc1)c1ccccc1)C(c1ccc(OC(c2ccccc2)c2ccccc2)cc1)N1C[C@@H](N=Cc2ccccc2)C1=O. The summed E-state index contributed by atoms with van der Waals surface area (Å²) in [5.74, 6) is -0.129. The molecule has 0 aliphatic carbocycles. The molecular weight excluding hydrogens is 620 g/mol. The van der Waals surface area contributed by atoms with E-state index in [0.29, 0.717) is 11.3 Å². The van der Waals surface area contributed by atoms with Crippen molar-refractivity contribution >= 4 is 18.1 Å². The predicted molar refractivity (Wildman–Crippen MR) is 195 cm³/mol. The molecule has 0 N–H and O–H groups in total. The molecule has 1 aliphatic rings. The second-order valence-electron chi connectivity index (χ2n) is 12.1. The Kier molecular flexibility index (Phi) is 9.88. The molecule has 0 bridgehead atoms.